The minimum absolute atomic E-state index is 0.0841. The fourth-order valence-corrected chi connectivity index (χ4v) is 3.59. The predicted octanol–water partition coefficient (Wildman–Crippen LogP) is 3.05. The van der Waals surface area contributed by atoms with Crippen LogP contribution in [0.3, 0.4) is 0 Å². The molecule has 20 heavy (non-hydrogen) atoms. The quantitative estimate of drug-likeness (QED) is 0.812. The maximum Gasteiger partial charge on any atom is 0.265 e. The summed E-state index contributed by atoms with van der Waals surface area (Å²) in [7, 11) is -3.51. The van der Waals surface area contributed by atoms with E-state index in [-0.39, 0.29) is 5.92 Å². The van der Waals surface area contributed by atoms with Crippen molar-refractivity contribution in [3.63, 3.8) is 0 Å². The van der Waals surface area contributed by atoms with E-state index >= 15 is 0 Å². The smallest absolute Gasteiger partial charge is 0.258 e. The maximum absolute atomic E-state index is 11.6. The number of rotatable bonds is 4. The zero-order valence-corrected chi connectivity index (χ0v) is 12.0. The molecule has 2 atom stereocenters. The number of benzene rings is 2. The van der Waals surface area contributed by atoms with Gasteiger partial charge in [0.15, 0.2) is 0 Å². The monoisotopic (exact) mass is 288 g/mol. The van der Waals surface area contributed by atoms with Crippen molar-refractivity contribution >= 4 is 10.1 Å². The Morgan fingerprint density at radius 2 is 1.55 bits per heavy atom. The lowest BCUT2D eigenvalue weighted by atomic mass is 10.0. The van der Waals surface area contributed by atoms with Crippen LogP contribution in [0.2, 0.25) is 0 Å². The van der Waals surface area contributed by atoms with Crippen LogP contribution in [-0.4, -0.2) is 14.7 Å². The van der Waals surface area contributed by atoms with E-state index < -0.39 is 15.7 Å². The Balaban J connectivity index is 2.00. The van der Waals surface area contributed by atoms with Crippen LogP contribution >= 0.6 is 0 Å². The van der Waals surface area contributed by atoms with Crippen molar-refractivity contribution in [1.82, 2.24) is 0 Å². The lowest BCUT2D eigenvalue weighted by Crippen LogP contribution is -2.19. The molecule has 0 saturated heterocycles. The van der Waals surface area contributed by atoms with Gasteiger partial charge in [-0.2, -0.15) is 8.42 Å². The Morgan fingerprint density at radius 3 is 2.10 bits per heavy atom. The van der Waals surface area contributed by atoms with Crippen molar-refractivity contribution in [2.75, 3.05) is 6.26 Å². The summed E-state index contributed by atoms with van der Waals surface area (Å²) in [4.78, 5) is 0. The highest BCUT2D eigenvalue weighted by Crippen LogP contribution is 2.61. The third kappa shape index (κ3) is 2.49. The fraction of sp³-hybridized carbons (Fsp3) is 0.250. The topological polar surface area (TPSA) is 43.4 Å². The lowest BCUT2D eigenvalue weighted by molar-refractivity contribution is 0.184. The Hall–Kier alpha value is -1.65. The molecule has 3 rings (SSSR count). The minimum atomic E-state index is -3.51. The third-order valence-corrected chi connectivity index (χ3v) is 4.27. The molecular weight excluding hydrogens is 272 g/mol. The normalized spacial score (nSPS) is 25.4. The summed E-state index contributed by atoms with van der Waals surface area (Å²) in [6.45, 7) is 0. The zero-order valence-electron chi connectivity index (χ0n) is 11.2. The first kappa shape index (κ1) is 13.3. The van der Waals surface area contributed by atoms with E-state index in [1.807, 2.05) is 60.7 Å². The van der Waals surface area contributed by atoms with Gasteiger partial charge < -0.3 is 0 Å². The van der Waals surface area contributed by atoms with Crippen LogP contribution in [0.25, 0.3) is 0 Å². The lowest BCUT2D eigenvalue weighted by Gasteiger charge is -2.17. The SMILES string of the molecule is CS(=O)(=O)OC1(c2ccccc2)CC1c1ccccc1. The molecule has 0 aliphatic heterocycles. The average molecular weight is 288 g/mol. The summed E-state index contributed by atoms with van der Waals surface area (Å²) in [5.74, 6) is 0.0841. The summed E-state index contributed by atoms with van der Waals surface area (Å²) in [6, 6.07) is 19.5. The van der Waals surface area contributed by atoms with E-state index in [1.54, 1.807) is 0 Å². The second kappa shape index (κ2) is 4.72. The molecule has 1 aliphatic rings. The van der Waals surface area contributed by atoms with Crippen LogP contribution in [0.1, 0.15) is 23.5 Å². The van der Waals surface area contributed by atoms with Gasteiger partial charge in [0, 0.05) is 5.92 Å². The summed E-state index contributed by atoms with van der Waals surface area (Å²) >= 11 is 0. The molecule has 0 amide bonds. The van der Waals surface area contributed by atoms with E-state index in [9.17, 15) is 8.42 Å². The summed E-state index contributed by atoms with van der Waals surface area (Å²) in [5.41, 5.74) is 1.29. The molecule has 0 radical (unpaired) electrons. The van der Waals surface area contributed by atoms with Gasteiger partial charge in [-0.25, -0.2) is 0 Å². The summed E-state index contributed by atoms with van der Waals surface area (Å²) in [6.07, 6.45) is 1.80. The van der Waals surface area contributed by atoms with Gasteiger partial charge in [0.25, 0.3) is 10.1 Å². The van der Waals surface area contributed by atoms with Gasteiger partial charge in [-0.05, 0) is 17.5 Å². The fourth-order valence-electron chi connectivity index (χ4n) is 2.77. The third-order valence-electron chi connectivity index (χ3n) is 3.67. The predicted molar refractivity (Wildman–Crippen MR) is 77.8 cm³/mol. The van der Waals surface area contributed by atoms with Gasteiger partial charge in [-0.3, -0.25) is 4.18 Å². The molecule has 104 valence electrons. The van der Waals surface area contributed by atoms with Crippen molar-refractivity contribution in [1.29, 1.82) is 0 Å². The van der Waals surface area contributed by atoms with E-state index in [0.29, 0.717) is 6.42 Å². The second-order valence-electron chi connectivity index (χ2n) is 5.21. The van der Waals surface area contributed by atoms with Crippen LogP contribution in [0.15, 0.2) is 60.7 Å². The molecule has 0 aromatic heterocycles. The largest absolute Gasteiger partial charge is 0.265 e. The van der Waals surface area contributed by atoms with Gasteiger partial charge in [-0.15, -0.1) is 0 Å². The molecule has 0 heterocycles. The van der Waals surface area contributed by atoms with Gasteiger partial charge in [0.2, 0.25) is 0 Å². The Labute approximate surface area is 119 Å². The first-order valence-corrected chi connectivity index (χ1v) is 8.34. The number of hydrogen-bond donors (Lipinski definition) is 0. The van der Waals surface area contributed by atoms with E-state index in [0.717, 1.165) is 17.4 Å². The van der Waals surface area contributed by atoms with Gasteiger partial charge in [0.05, 0.1) is 6.26 Å². The van der Waals surface area contributed by atoms with Crippen molar-refractivity contribution in [2.45, 2.75) is 17.9 Å². The van der Waals surface area contributed by atoms with Gasteiger partial charge in [-0.1, -0.05) is 60.7 Å². The Morgan fingerprint density at radius 1 is 1.00 bits per heavy atom. The number of hydrogen-bond acceptors (Lipinski definition) is 3. The van der Waals surface area contributed by atoms with Crippen molar-refractivity contribution in [2.24, 2.45) is 0 Å². The van der Waals surface area contributed by atoms with Crippen LogP contribution in [-0.2, 0) is 19.9 Å². The molecule has 3 nitrogen and oxygen atoms in total. The molecule has 0 bridgehead atoms. The van der Waals surface area contributed by atoms with Crippen molar-refractivity contribution in [3.05, 3.63) is 71.8 Å². The Bertz CT molecular complexity index is 695. The first-order valence-electron chi connectivity index (χ1n) is 6.52. The molecule has 2 aromatic rings. The summed E-state index contributed by atoms with van der Waals surface area (Å²) < 4.78 is 28.7. The van der Waals surface area contributed by atoms with Crippen LogP contribution in [0, 0.1) is 0 Å². The highest BCUT2D eigenvalue weighted by Gasteiger charge is 2.59. The first-order chi connectivity index (χ1) is 9.51. The standard InChI is InChI=1S/C16H16O3S/c1-20(17,18)19-16(14-10-6-3-7-11-14)12-15(16)13-8-4-2-5-9-13/h2-11,15H,12H2,1H3. The van der Waals surface area contributed by atoms with Gasteiger partial charge >= 0.3 is 0 Å². The molecule has 2 aromatic carbocycles. The maximum atomic E-state index is 11.6. The molecule has 1 saturated carbocycles. The molecule has 0 N–H and O–H groups in total. The molecule has 2 unspecified atom stereocenters. The highest BCUT2D eigenvalue weighted by atomic mass is 32.2. The molecule has 1 aliphatic carbocycles. The van der Waals surface area contributed by atoms with Crippen LogP contribution in [0.4, 0.5) is 0 Å². The van der Waals surface area contributed by atoms with Crippen LogP contribution < -0.4 is 0 Å². The summed E-state index contributed by atoms with van der Waals surface area (Å²) in [5, 5.41) is 0. The highest BCUT2D eigenvalue weighted by molar-refractivity contribution is 7.86. The van der Waals surface area contributed by atoms with Gasteiger partial charge in [0.1, 0.15) is 5.60 Å². The molecule has 4 heteroatoms. The average Bonchev–Trinajstić information content (AvgIpc) is 3.14. The zero-order chi connectivity index (χ0) is 14.2. The van der Waals surface area contributed by atoms with Crippen molar-refractivity contribution in [3.8, 4) is 0 Å². The van der Waals surface area contributed by atoms with Crippen molar-refractivity contribution < 1.29 is 12.6 Å². The Kier molecular flexibility index (Phi) is 3.15. The van der Waals surface area contributed by atoms with Crippen LogP contribution in [0.5, 0.6) is 0 Å². The minimum Gasteiger partial charge on any atom is -0.258 e. The molecule has 1 fully saturated rings. The van der Waals surface area contributed by atoms with E-state index in [2.05, 4.69) is 0 Å². The molecule has 0 spiro atoms. The molecular formula is C16H16O3S. The second-order valence-corrected chi connectivity index (χ2v) is 6.79. The van der Waals surface area contributed by atoms with E-state index in [4.69, 9.17) is 4.18 Å². The van der Waals surface area contributed by atoms with E-state index in [1.165, 1.54) is 0 Å².